The van der Waals surface area contributed by atoms with Gasteiger partial charge in [0.25, 0.3) is 0 Å². The summed E-state index contributed by atoms with van der Waals surface area (Å²) in [6, 6.07) is 0. The van der Waals surface area contributed by atoms with Crippen LogP contribution in [0.2, 0.25) is 0 Å². The van der Waals surface area contributed by atoms with Crippen molar-refractivity contribution in [3.8, 4) is 0 Å². The molecule has 0 aliphatic carbocycles. The van der Waals surface area contributed by atoms with Crippen LogP contribution in [-0.2, 0) is 0 Å². The number of hydrogen-bond acceptors (Lipinski definition) is 0. The normalized spacial score (nSPS) is 6.57. The minimum Gasteiger partial charge on any atom is -0.100 e. The first-order chi connectivity index (χ1) is 6.77. The maximum atomic E-state index is 3.83. The van der Waals surface area contributed by atoms with Crippen LogP contribution in [0.15, 0.2) is 12.2 Å². The summed E-state index contributed by atoms with van der Waals surface area (Å²) in [6.45, 7) is 20.1. The monoisotopic (exact) mass is 202 g/mol. The predicted molar refractivity (Wildman–Crippen MR) is 73.0 cm³/mol. The van der Waals surface area contributed by atoms with Crippen molar-refractivity contribution in [1.82, 2.24) is 0 Å². The van der Waals surface area contributed by atoms with E-state index in [0.717, 1.165) is 0 Å². The van der Waals surface area contributed by atoms with Gasteiger partial charge in [0, 0.05) is 0 Å². The third-order valence-electron chi connectivity index (χ3n) is 1.21. The molecule has 0 saturated heterocycles. The van der Waals surface area contributed by atoms with Crippen molar-refractivity contribution in [2.24, 2.45) is 0 Å². The third kappa shape index (κ3) is 60.3. The van der Waals surface area contributed by atoms with Crippen molar-refractivity contribution in [3.05, 3.63) is 12.2 Å². The Hall–Kier alpha value is -0.260. The van der Waals surface area contributed by atoms with E-state index in [0.29, 0.717) is 0 Å². The molecule has 0 nitrogen and oxygen atoms in total. The van der Waals surface area contributed by atoms with Gasteiger partial charge in [0.1, 0.15) is 0 Å². The Morgan fingerprint density at radius 3 is 1.43 bits per heavy atom. The van der Waals surface area contributed by atoms with Crippen molar-refractivity contribution in [1.29, 1.82) is 0 Å². The Morgan fingerprint density at radius 2 is 1.21 bits per heavy atom. The summed E-state index contributed by atoms with van der Waals surface area (Å²) in [5.41, 5.74) is 1.32. The van der Waals surface area contributed by atoms with Gasteiger partial charge in [0.2, 0.25) is 0 Å². The van der Waals surface area contributed by atoms with Crippen molar-refractivity contribution in [3.63, 3.8) is 0 Å². The quantitative estimate of drug-likeness (QED) is 0.375. The van der Waals surface area contributed by atoms with Crippen LogP contribution in [-0.4, -0.2) is 0 Å². The van der Waals surface area contributed by atoms with Gasteiger partial charge in [-0.05, 0) is 19.8 Å². The molecule has 0 amide bonds. The van der Waals surface area contributed by atoms with Crippen molar-refractivity contribution >= 4 is 0 Å². The van der Waals surface area contributed by atoms with Crippen LogP contribution >= 0.6 is 0 Å². The third-order valence-corrected chi connectivity index (χ3v) is 1.21. The van der Waals surface area contributed by atoms with Crippen LogP contribution in [0.5, 0.6) is 0 Å². The molecule has 0 saturated carbocycles. The predicted octanol–water partition coefficient (Wildman–Crippen LogP) is 6.22. The molecule has 0 bridgehead atoms. The molecule has 0 N–H and O–H groups in total. The van der Waals surface area contributed by atoms with Crippen LogP contribution in [0.4, 0.5) is 0 Å². The van der Waals surface area contributed by atoms with Crippen LogP contribution in [0.1, 0.15) is 81.1 Å². The first-order valence-electron chi connectivity index (χ1n) is 6.41. The van der Waals surface area contributed by atoms with Gasteiger partial charge in [-0.15, -0.1) is 6.58 Å². The fourth-order valence-electron chi connectivity index (χ4n) is 0.677. The van der Waals surface area contributed by atoms with Crippen LogP contribution < -0.4 is 0 Å². The molecular weight excluding hydrogens is 168 g/mol. The number of allylic oxidation sites excluding steroid dienone is 1. The number of rotatable bonds is 4. The summed E-state index contributed by atoms with van der Waals surface area (Å²) < 4.78 is 0. The van der Waals surface area contributed by atoms with E-state index < -0.39 is 0 Å². The zero-order valence-electron chi connectivity index (χ0n) is 12.0. The fraction of sp³-hybridized carbons (Fsp3) is 0.857. The van der Waals surface area contributed by atoms with Crippen molar-refractivity contribution in [2.45, 2.75) is 81.1 Å². The van der Waals surface area contributed by atoms with E-state index in [1.807, 2.05) is 41.5 Å². The summed E-state index contributed by atoms with van der Waals surface area (Å²) in [4.78, 5) is 0. The van der Waals surface area contributed by atoms with E-state index >= 15 is 0 Å². The molecule has 0 rings (SSSR count). The topological polar surface area (TPSA) is 0 Å². The van der Waals surface area contributed by atoms with E-state index in [1.54, 1.807) is 0 Å². The zero-order chi connectivity index (χ0) is 12.4. The SMILES string of the molecule is C=C(C)CCCCC.CC.CC.CC. The van der Waals surface area contributed by atoms with Gasteiger partial charge in [0.15, 0.2) is 0 Å². The van der Waals surface area contributed by atoms with Gasteiger partial charge >= 0.3 is 0 Å². The summed E-state index contributed by atoms with van der Waals surface area (Å²) >= 11 is 0. The first-order valence-corrected chi connectivity index (χ1v) is 6.41. The minimum atomic E-state index is 1.22. The largest absolute Gasteiger partial charge is 0.100 e. The second kappa shape index (κ2) is 38.7. The van der Waals surface area contributed by atoms with Crippen molar-refractivity contribution in [2.75, 3.05) is 0 Å². The fourth-order valence-corrected chi connectivity index (χ4v) is 0.677. The van der Waals surface area contributed by atoms with Crippen LogP contribution in [0, 0.1) is 0 Å². The highest BCUT2D eigenvalue weighted by Crippen LogP contribution is 2.04. The van der Waals surface area contributed by atoms with Crippen LogP contribution in [0.3, 0.4) is 0 Å². The summed E-state index contributed by atoms with van der Waals surface area (Å²) in [7, 11) is 0. The molecule has 0 spiro atoms. The molecule has 0 radical (unpaired) electrons. The molecule has 0 aromatic rings. The second-order valence-electron chi connectivity index (χ2n) is 2.41. The molecule has 0 aromatic carbocycles. The first kappa shape index (κ1) is 23.5. The Kier molecular flexibility index (Phi) is 64.9. The van der Waals surface area contributed by atoms with Gasteiger partial charge in [-0.2, -0.15) is 0 Å². The molecule has 14 heavy (non-hydrogen) atoms. The van der Waals surface area contributed by atoms with Gasteiger partial charge in [-0.3, -0.25) is 0 Å². The molecular formula is C14H34. The molecule has 0 atom stereocenters. The van der Waals surface area contributed by atoms with E-state index in [2.05, 4.69) is 20.4 Å². The van der Waals surface area contributed by atoms with E-state index in [1.165, 1.54) is 31.3 Å². The summed E-state index contributed by atoms with van der Waals surface area (Å²) in [5, 5.41) is 0. The Balaban J connectivity index is -0.0000000708. The smallest absolute Gasteiger partial charge is 0.0326 e. The average Bonchev–Trinajstić information content (AvgIpc) is 2.27. The molecule has 0 aliphatic heterocycles. The van der Waals surface area contributed by atoms with Gasteiger partial charge in [-0.25, -0.2) is 0 Å². The minimum absolute atomic E-state index is 1.22. The lowest BCUT2D eigenvalue weighted by molar-refractivity contribution is 0.714. The molecule has 0 heterocycles. The molecule has 0 heteroatoms. The summed E-state index contributed by atoms with van der Waals surface area (Å²) in [5.74, 6) is 0. The lowest BCUT2D eigenvalue weighted by Gasteiger charge is -1.94. The van der Waals surface area contributed by atoms with E-state index in [9.17, 15) is 0 Å². The Labute approximate surface area is 93.8 Å². The Bertz CT molecular complexity index is 62.4. The molecule has 0 fully saturated rings. The van der Waals surface area contributed by atoms with Gasteiger partial charge in [0.05, 0.1) is 0 Å². The lowest BCUT2D eigenvalue weighted by atomic mass is 10.1. The van der Waals surface area contributed by atoms with Gasteiger partial charge < -0.3 is 0 Å². The molecule has 0 aliphatic rings. The number of unbranched alkanes of at least 4 members (excludes halogenated alkanes) is 2. The highest BCUT2D eigenvalue weighted by molar-refractivity contribution is 4.86. The Morgan fingerprint density at radius 1 is 0.857 bits per heavy atom. The summed E-state index contributed by atoms with van der Waals surface area (Å²) in [6.07, 6.45) is 5.21. The van der Waals surface area contributed by atoms with Crippen molar-refractivity contribution < 1.29 is 0 Å². The molecule has 90 valence electrons. The van der Waals surface area contributed by atoms with E-state index in [-0.39, 0.29) is 0 Å². The maximum absolute atomic E-state index is 3.83. The number of hydrogen-bond donors (Lipinski definition) is 0. The molecule has 0 unspecified atom stereocenters. The highest BCUT2D eigenvalue weighted by atomic mass is 13.9. The van der Waals surface area contributed by atoms with E-state index in [4.69, 9.17) is 0 Å². The van der Waals surface area contributed by atoms with Gasteiger partial charge in [-0.1, -0.05) is 66.9 Å². The van der Waals surface area contributed by atoms with Crippen LogP contribution in [0.25, 0.3) is 0 Å². The lowest BCUT2D eigenvalue weighted by Crippen LogP contribution is -1.74. The second-order valence-corrected chi connectivity index (χ2v) is 2.41. The standard InChI is InChI=1S/C8H16.3C2H6/c1-4-5-6-7-8(2)3;3*1-2/h2,4-7H2,1,3H3;3*1-2H3. The highest BCUT2D eigenvalue weighted by Gasteiger charge is 1.84. The maximum Gasteiger partial charge on any atom is -0.0326 e. The zero-order valence-corrected chi connectivity index (χ0v) is 12.0. The molecule has 0 aromatic heterocycles. The average molecular weight is 202 g/mol.